The van der Waals surface area contributed by atoms with Crippen molar-refractivity contribution < 1.29 is 22.0 Å². The second kappa shape index (κ2) is 7.58. The smallest absolute Gasteiger partial charge is 0.355 e. The number of rotatable bonds is 6. The van der Waals surface area contributed by atoms with Crippen molar-refractivity contribution in [1.82, 2.24) is 0 Å². The third-order valence-electron chi connectivity index (χ3n) is 3.14. The summed E-state index contributed by atoms with van der Waals surface area (Å²) in [6, 6.07) is 8.28. The summed E-state index contributed by atoms with van der Waals surface area (Å²) in [6.07, 6.45) is 0. The molecule has 0 aromatic heterocycles. The van der Waals surface area contributed by atoms with Gasteiger partial charge in [0.2, 0.25) is 0 Å². The van der Waals surface area contributed by atoms with Crippen LogP contribution in [-0.4, -0.2) is 22.5 Å². The van der Waals surface area contributed by atoms with Gasteiger partial charge in [-0.25, -0.2) is 13.2 Å². The molecule has 6 heteroatoms. The van der Waals surface area contributed by atoms with Gasteiger partial charge >= 0.3 is 9.28 Å². The quantitative estimate of drug-likeness (QED) is 0.599. The maximum Gasteiger partial charge on any atom is 0.355 e. The molecule has 118 valence electrons. The monoisotopic (exact) mass is 326 g/mol. The lowest BCUT2D eigenvalue weighted by molar-refractivity contribution is 0.225. The number of hydrogen-bond donors (Lipinski definition) is 0. The molecule has 0 aliphatic rings. The normalized spacial score (nSPS) is 11.2. The Kier molecular flexibility index (Phi) is 5.76. The molecule has 0 N–H and O–H groups in total. The fourth-order valence-corrected chi connectivity index (χ4v) is 3.70. The van der Waals surface area contributed by atoms with Crippen molar-refractivity contribution in [2.45, 2.75) is 13.8 Å². The van der Waals surface area contributed by atoms with Crippen molar-refractivity contribution in [3.63, 3.8) is 0 Å². The molecule has 2 aromatic rings. The maximum atomic E-state index is 13.8. The van der Waals surface area contributed by atoms with Crippen LogP contribution in [0.15, 0.2) is 36.4 Å². The van der Waals surface area contributed by atoms with E-state index < -0.39 is 26.7 Å². The van der Waals surface area contributed by atoms with E-state index in [1.807, 2.05) is 13.8 Å². The van der Waals surface area contributed by atoms with E-state index in [9.17, 15) is 13.2 Å². The highest BCUT2D eigenvalue weighted by Crippen LogP contribution is 2.24. The van der Waals surface area contributed by atoms with E-state index in [1.54, 1.807) is 24.3 Å². The Balaban J connectivity index is 2.30. The van der Waals surface area contributed by atoms with Crippen LogP contribution >= 0.6 is 0 Å². The third-order valence-corrected chi connectivity index (χ3v) is 5.34. The molecule has 0 saturated carbocycles. The second-order valence-electron chi connectivity index (χ2n) is 4.61. The van der Waals surface area contributed by atoms with Crippen molar-refractivity contribution in [1.29, 1.82) is 0 Å². The summed E-state index contributed by atoms with van der Waals surface area (Å²) in [7, 11) is -1.96. The zero-order chi connectivity index (χ0) is 16.1. The first-order valence-corrected chi connectivity index (χ1v) is 8.56. The fraction of sp³-hybridized carbons (Fsp3) is 0.250. The molecule has 2 rings (SSSR count). The summed E-state index contributed by atoms with van der Waals surface area (Å²) in [5, 5.41) is 0.912. The average molecular weight is 326 g/mol. The highest BCUT2D eigenvalue weighted by atomic mass is 28.3. The van der Waals surface area contributed by atoms with Crippen molar-refractivity contribution in [3.8, 4) is 11.1 Å². The Morgan fingerprint density at radius 2 is 1.36 bits per heavy atom. The molecule has 0 spiro atoms. The van der Waals surface area contributed by atoms with Gasteiger partial charge in [0, 0.05) is 24.8 Å². The zero-order valence-corrected chi connectivity index (χ0v) is 13.6. The van der Waals surface area contributed by atoms with E-state index in [0.717, 1.165) is 11.3 Å². The van der Waals surface area contributed by atoms with Crippen molar-refractivity contribution >= 4 is 14.5 Å². The minimum atomic E-state index is -1.96. The standard InChI is InChI=1S/C16H17F3O2Si/c1-3-20-22(21-4-2)12-7-5-11(6-8-12)13-9-15(18)16(19)10-14(13)17/h5-10,22H,3-4H2,1-2H3. The molecule has 0 bridgehead atoms. The van der Waals surface area contributed by atoms with Gasteiger partial charge < -0.3 is 8.85 Å². The Morgan fingerprint density at radius 1 is 0.818 bits per heavy atom. The highest BCUT2D eigenvalue weighted by molar-refractivity contribution is 6.61. The summed E-state index contributed by atoms with van der Waals surface area (Å²) in [4.78, 5) is 0. The van der Waals surface area contributed by atoms with E-state index in [1.165, 1.54) is 0 Å². The first-order chi connectivity index (χ1) is 10.6. The van der Waals surface area contributed by atoms with Crippen LogP contribution in [-0.2, 0) is 8.85 Å². The van der Waals surface area contributed by atoms with E-state index in [-0.39, 0.29) is 5.56 Å². The number of halogens is 3. The molecule has 0 saturated heterocycles. The molecule has 0 aliphatic heterocycles. The van der Waals surface area contributed by atoms with Crippen LogP contribution in [0.25, 0.3) is 11.1 Å². The molecule has 0 amide bonds. The summed E-state index contributed by atoms with van der Waals surface area (Å²) >= 11 is 0. The van der Waals surface area contributed by atoms with Crippen molar-refractivity contribution in [2.24, 2.45) is 0 Å². The molecule has 0 heterocycles. The van der Waals surface area contributed by atoms with E-state index >= 15 is 0 Å². The van der Waals surface area contributed by atoms with E-state index in [2.05, 4.69) is 0 Å². The topological polar surface area (TPSA) is 18.5 Å². The first-order valence-electron chi connectivity index (χ1n) is 7.04. The summed E-state index contributed by atoms with van der Waals surface area (Å²) in [6.45, 7) is 4.89. The Hall–Kier alpha value is -1.63. The molecule has 0 atom stereocenters. The molecule has 22 heavy (non-hydrogen) atoms. The molecule has 0 unspecified atom stereocenters. The van der Waals surface area contributed by atoms with Gasteiger partial charge in [0.15, 0.2) is 11.6 Å². The fourth-order valence-electron chi connectivity index (χ4n) is 2.11. The van der Waals surface area contributed by atoms with Crippen LogP contribution < -0.4 is 5.19 Å². The van der Waals surface area contributed by atoms with Crippen LogP contribution in [0.2, 0.25) is 0 Å². The predicted octanol–water partition coefficient (Wildman–Crippen LogP) is 3.27. The van der Waals surface area contributed by atoms with Gasteiger partial charge in [-0.2, -0.15) is 0 Å². The molecule has 0 radical (unpaired) electrons. The SMILES string of the molecule is CCO[SiH](OCC)c1ccc(-c2cc(F)c(F)cc2F)cc1. The van der Waals surface area contributed by atoms with Gasteiger partial charge in [-0.05, 0) is 30.7 Å². The van der Waals surface area contributed by atoms with Crippen LogP contribution in [0, 0.1) is 17.5 Å². The third kappa shape index (κ3) is 3.76. The molecule has 0 aliphatic carbocycles. The maximum absolute atomic E-state index is 13.8. The molecular weight excluding hydrogens is 309 g/mol. The van der Waals surface area contributed by atoms with Crippen LogP contribution in [0.5, 0.6) is 0 Å². The lowest BCUT2D eigenvalue weighted by atomic mass is 10.1. The number of hydrogen-bond acceptors (Lipinski definition) is 2. The second-order valence-corrected chi connectivity index (χ2v) is 6.61. The largest absolute Gasteiger partial charge is 0.394 e. The van der Waals surface area contributed by atoms with Gasteiger partial charge in [0.25, 0.3) is 0 Å². The van der Waals surface area contributed by atoms with Gasteiger partial charge in [0.1, 0.15) is 5.82 Å². The van der Waals surface area contributed by atoms with Gasteiger partial charge in [-0.3, -0.25) is 0 Å². The minimum Gasteiger partial charge on any atom is -0.394 e. The number of benzene rings is 2. The first kappa shape index (κ1) is 16.7. The van der Waals surface area contributed by atoms with Crippen LogP contribution in [0.1, 0.15) is 13.8 Å². The molecule has 2 nitrogen and oxygen atoms in total. The van der Waals surface area contributed by atoms with E-state index in [4.69, 9.17) is 8.85 Å². The Morgan fingerprint density at radius 3 is 1.91 bits per heavy atom. The zero-order valence-electron chi connectivity index (χ0n) is 12.4. The lowest BCUT2D eigenvalue weighted by Crippen LogP contribution is -2.36. The summed E-state index contributed by atoms with van der Waals surface area (Å²) in [5.74, 6) is -3.07. The van der Waals surface area contributed by atoms with Crippen molar-refractivity contribution in [3.05, 3.63) is 53.8 Å². The van der Waals surface area contributed by atoms with Gasteiger partial charge in [-0.15, -0.1) is 0 Å². The lowest BCUT2D eigenvalue weighted by Gasteiger charge is -2.15. The Labute approximate surface area is 129 Å². The average Bonchev–Trinajstić information content (AvgIpc) is 2.51. The molecule has 0 fully saturated rings. The minimum absolute atomic E-state index is 0.0245. The van der Waals surface area contributed by atoms with Gasteiger partial charge in [0.05, 0.1) is 0 Å². The van der Waals surface area contributed by atoms with Gasteiger partial charge in [-0.1, -0.05) is 24.3 Å². The predicted molar refractivity (Wildman–Crippen MR) is 81.8 cm³/mol. The summed E-state index contributed by atoms with van der Waals surface area (Å²) in [5.41, 5.74) is 0.498. The van der Waals surface area contributed by atoms with Crippen LogP contribution in [0.4, 0.5) is 13.2 Å². The summed E-state index contributed by atoms with van der Waals surface area (Å²) < 4.78 is 51.2. The van der Waals surface area contributed by atoms with E-state index in [0.29, 0.717) is 24.8 Å². The molecule has 2 aromatic carbocycles. The Bertz CT molecular complexity index is 626. The van der Waals surface area contributed by atoms with Crippen LogP contribution in [0.3, 0.4) is 0 Å². The molecular formula is C16H17F3O2Si. The van der Waals surface area contributed by atoms with Crippen molar-refractivity contribution in [2.75, 3.05) is 13.2 Å². The highest BCUT2D eigenvalue weighted by Gasteiger charge is 2.16.